The third-order valence-corrected chi connectivity index (χ3v) is 4.28. The molecule has 0 saturated carbocycles. The van der Waals surface area contributed by atoms with Gasteiger partial charge < -0.3 is 9.84 Å². The summed E-state index contributed by atoms with van der Waals surface area (Å²) in [6.45, 7) is 4.01. The van der Waals surface area contributed by atoms with E-state index in [2.05, 4.69) is 0 Å². The number of hydrogen-bond donors (Lipinski definition) is 1. The van der Waals surface area contributed by atoms with Crippen LogP contribution < -0.4 is 4.74 Å². The van der Waals surface area contributed by atoms with Gasteiger partial charge in [0.15, 0.2) is 0 Å². The highest BCUT2D eigenvalue weighted by Crippen LogP contribution is 2.18. The van der Waals surface area contributed by atoms with E-state index in [1.54, 1.807) is 11.8 Å². The lowest BCUT2D eigenvalue weighted by molar-refractivity contribution is -0.142. The highest BCUT2D eigenvalue weighted by atomic mass is 32.2. The zero-order valence-corrected chi connectivity index (χ0v) is 11.9. The van der Waals surface area contributed by atoms with Crippen molar-refractivity contribution >= 4 is 17.7 Å². The Bertz CT molecular complexity index is 438. The van der Waals surface area contributed by atoms with Crippen molar-refractivity contribution in [2.45, 2.75) is 13.0 Å². The van der Waals surface area contributed by atoms with Crippen molar-refractivity contribution in [2.24, 2.45) is 0 Å². The highest BCUT2D eigenvalue weighted by molar-refractivity contribution is 7.99. The van der Waals surface area contributed by atoms with Crippen molar-refractivity contribution in [1.29, 1.82) is 0 Å². The molecular formula is C14H19NO3S. The predicted molar refractivity (Wildman–Crippen MR) is 77.0 cm³/mol. The van der Waals surface area contributed by atoms with Gasteiger partial charge >= 0.3 is 5.97 Å². The van der Waals surface area contributed by atoms with Crippen LogP contribution in [0.25, 0.3) is 0 Å². The number of ether oxygens (including phenoxy) is 1. The molecule has 0 aromatic heterocycles. The summed E-state index contributed by atoms with van der Waals surface area (Å²) in [5.74, 6) is 1.80. The molecule has 1 aromatic rings. The van der Waals surface area contributed by atoms with Crippen LogP contribution in [-0.4, -0.2) is 53.2 Å². The minimum atomic E-state index is -0.733. The van der Waals surface area contributed by atoms with E-state index in [0.29, 0.717) is 18.9 Å². The standard InChI is InChI=1S/C14H19NO3S/c1-11-4-2-3-5-13(11)18-8-6-15-7-9-19-10-12(15)14(16)17/h2-5,12H,6-10H2,1H3,(H,16,17). The normalized spacial score (nSPS) is 20.2. The van der Waals surface area contributed by atoms with Crippen molar-refractivity contribution in [1.82, 2.24) is 4.90 Å². The number of benzene rings is 1. The average molecular weight is 281 g/mol. The molecule has 0 spiro atoms. The maximum atomic E-state index is 11.2. The molecule has 19 heavy (non-hydrogen) atoms. The van der Waals surface area contributed by atoms with E-state index in [9.17, 15) is 9.90 Å². The average Bonchev–Trinajstić information content (AvgIpc) is 2.41. The summed E-state index contributed by atoms with van der Waals surface area (Å²) < 4.78 is 5.73. The molecule has 0 amide bonds. The van der Waals surface area contributed by atoms with E-state index in [0.717, 1.165) is 23.6 Å². The molecule has 1 fully saturated rings. The fraction of sp³-hybridized carbons (Fsp3) is 0.500. The van der Waals surface area contributed by atoms with Gasteiger partial charge in [0.1, 0.15) is 18.4 Å². The Kier molecular flexibility index (Phi) is 5.10. The summed E-state index contributed by atoms with van der Waals surface area (Å²) in [5.41, 5.74) is 1.10. The second-order valence-corrected chi connectivity index (χ2v) is 5.73. The van der Waals surface area contributed by atoms with Crippen molar-refractivity contribution < 1.29 is 14.6 Å². The van der Waals surface area contributed by atoms with Crippen molar-refractivity contribution in [2.75, 3.05) is 31.2 Å². The molecule has 1 saturated heterocycles. The molecule has 2 rings (SSSR count). The molecule has 5 heteroatoms. The van der Waals surface area contributed by atoms with Crippen LogP contribution in [0, 0.1) is 6.92 Å². The van der Waals surface area contributed by atoms with Crippen LogP contribution in [0.4, 0.5) is 0 Å². The van der Waals surface area contributed by atoms with Crippen LogP contribution in [0.2, 0.25) is 0 Å². The molecule has 1 aliphatic rings. The lowest BCUT2D eigenvalue weighted by Gasteiger charge is -2.32. The summed E-state index contributed by atoms with van der Waals surface area (Å²) in [6, 6.07) is 7.49. The Hall–Kier alpha value is -1.20. The Labute approximate surface area is 117 Å². The van der Waals surface area contributed by atoms with Gasteiger partial charge in [0.2, 0.25) is 0 Å². The van der Waals surface area contributed by atoms with Crippen LogP contribution in [0.3, 0.4) is 0 Å². The zero-order chi connectivity index (χ0) is 13.7. The number of carbonyl (C=O) groups is 1. The van der Waals surface area contributed by atoms with Gasteiger partial charge in [0.05, 0.1) is 0 Å². The first-order chi connectivity index (χ1) is 9.18. The number of hydrogen-bond acceptors (Lipinski definition) is 4. The van der Waals surface area contributed by atoms with E-state index in [4.69, 9.17) is 4.74 Å². The topological polar surface area (TPSA) is 49.8 Å². The Morgan fingerprint density at radius 2 is 2.32 bits per heavy atom. The van der Waals surface area contributed by atoms with Crippen molar-refractivity contribution in [3.8, 4) is 5.75 Å². The van der Waals surface area contributed by atoms with Gasteiger partial charge in [-0.15, -0.1) is 0 Å². The van der Waals surface area contributed by atoms with Gasteiger partial charge in [0, 0.05) is 24.6 Å². The fourth-order valence-corrected chi connectivity index (χ4v) is 3.23. The second-order valence-electron chi connectivity index (χ2n) is 4.58. The number of para-hydroxylation sites is 1. The summed E-state index contributed by atoms with van der Waals surface area (Å²) in [4.78, 5) is 13.2. The zero-order valence-electron chi connectivity index (χ0n) is 11.0. The van der Waals surface area contributed by atoms with Crippen LogP contribution in [0.15, 0.2) is 24.3 Å². The highest BCUT2D eigenvalue weighted by Gasteiger charge is 2.28. The van der Waals surface area contributed by atoms with Gasteiger partial charge in [-0.1, -0.05) is 18.2 Å². The van der Waals surface area contributed by atoms with Gasteiger partial charge in [-0.3, -0.25) is 9.69 Å². The molecule has 1 heterocycles. The first-order valence-electron chi connectivity index (χ1n) is 6.41. The lowest BCUT2D eigenvalue weighted by atomic mass is 10.2. The second kappa shape index (κ2) is 6.82. The SMILES string of the molecule is Cc1ccccc1OCCN1CCSCC1C(=O)O. The number of carboxylic acids is 1. The fourth-order valence-electron chi connectivity index (χ4n) is 2.12. The maximum Gasteiger partial charge on any atom is 0.321 e. The number of rotatable bonds is 5. The summed E-state index contributed by atoms with van der Waals surface area (Å²) >= 11 is 1.70. The summed E-state index contributed by atoms with van der Waals surface area (Å²) in [5, 5.41) is 9.17. The molecule has 104 valence electrons. The number of aliphatic carboxylic acids is 1. The molecule has 1 aliphatic heterocycles. The molecule has 1 N–H and O–H groups in total. The quantitative estimate of drug-likeness (QED) is 0.893. The maximum absolute atomic E-state index is 11.2. The largest absolute Gasteiger partial charge is 0.492 e. The van der Waals surface area contributed by atoms with E-state index in [1.807, 2.05) is 36.1 Å². The van der Waals surface area contributed by atoms with E-state index in [1.165, 1.54) is 0 Å². The molecule has 1 atom stereocenters. The third-order valence-electron chi connectivity index (χ3n) is 3.25. The third kappa shape index (κ3) is 3.88. The minimum Gasteiger partial charge on any atom is -0.492 e. The van der Waals surface area contributed by atoms with E-state index < -0.39 is 5.97 Å². The van der Waals surface area contributed by atoms with E-state index in [-0.39, 0.29) is 6.04 Å². The molecule has 0 bridgehead atoms. The van der Waals surface area contributed by atoms with Gasteiger partial charge in [-0.05, 0) is 18.6 Å². The van der Waals surface area contributed by atoms with Crippen LogP contribution >= 0.6 is 11.8 Å². The first-order valence-corrected chi connectivity index (χ1v) is 7.57. The molecular weight excluding hydrogens is 262 g/mol. The number of nitrogens with zero attached hydrogens (tertiary/aromatic N) is 1. The number of aryl methyl sites for hydroxylation is 1. The summed E-state index contributed by atoms with van der Waals surface area (Å²) in [6.07, 6.45) is 0. The molecule has 0 radical (unpaired) electrons. The van der Waals surface area contributed by atoms with Crippen LogP contribution in [-0.2, 0) is 4.79 Å². The monoisotopic (exact) mass is 281 g/mol. The Morgan fingerprint density at radius 1 is 1.53 bits per heavy atom. The summed E-state index contributed by atoms with van der Waals surface area (Å²) in [7, 11) is 0. The first kappa shape index (κ1) is 14.2. The predicted octanol–water partition coefficient (Wildman–Crippen LogP) is 1.88. The molecule has 0 aliphatic carbocycles. The smallest absolute Gasteiger partial charge is 0.321 e. The minimum absolute atomic E-state index is 0.376. The Balaban J connectivity index is 1.84. The van der Waals surface area contributed by atoms with Crippen LogP contribution in [0.1, 0.15) is 5.56 Å². The van der Waals surface area contributed by atoms with Gasteiger partial charge in [-0.25, -0.2) is 0 Å². The Morgan fingerprint density at radius 3 is 3.05 bits per heavy atom. The molecule has 1 unspecified atom stereocenters. The van der Waals surface area contributed by atoms with Crippen LogP contribution in [0.5, 0.6) is 5.75 Å². The number of thioether (sulfide) groups is 1. The van der Waals surface area contributed by atoms with Crippen molar-refractivity contribution in [3.05, 3.63) is 29.8 Å². The van der Waals surface area contributed by atoms with E-state index >= 15 is 0 Å². The van der Waals surface area contributed by atoms with Gasteiger partial charge in [-0.2, -0.15) is 11.8 Å². The molecule has 4 nitrogen and oxygen atoms in total. The van der Waals surface area contributed by atoms with Crippen molar-refractivity contribution in [3.63, 3.8) is 0 Å². The lowest BCUT2D eigenvalue weighted by Crippen LogP contribution is -2.48. The van der Waals surface area contributed by atoms with Gasteiger partial charge in [0.25, 0.3) is 0 Å². The number of carboxylic acid groups (broad SMARTS) is 1. The molecule has 1 aromatic carbocycles.